The molecule has 0 radical (unpaired) electrons. The molecule has 2 rings (SSSR count). The lowest BCUT2D eigenvalue weighted by Crippen LogP contribution is -2.30. The number of anilines is 1. The normalized spacial score (nSPS) is 17.9. The van der Waals surface area contributed by atoms with Gasteiger partial charge in [-0.3, -0.25) is 4.79 Å². The van der Waals surface area contributed by atoms with Crippen molar-refractivity contribution in [3.8, 4) is 0 Å². The molecule has 0 aromatic heterocycles. The lowest BCUT2D eigenvalue weighted by molar-refractivity contribution is 0.0943. The van der Waals surface area contributed by atoms with E-state index in [2.05, 4.69) is 24.5 Å². The number of benzene rings is 1. The van der Waals surface area contributed by atoms with Gasteiger partial charge in [-0.05, 0) is 63.3 Å². The molecule has 3 heteroatoms. The lowest BCUT2D eigenvalue weighted by atomic mass is 10.0. The van der Waals surface area contributed by atoms with Crippen LogP contribution in [0.15, 0.2) is 24.3 Å². The lowest BCUT2D eigenvalue weighted by Gasteiger charge is -2.21. The van der Waals surface area contributed by atoms with Gasteiger partial charge in [0.15, 0.2) is 0 Å². The quantitative estimate of drug-likeness (QED) is 0.851. The van der Waals surface area contributed by atoms with Crippen LogP contribution in [0.1, 0.15) is 50.9 Å². The molecule has 1 aromatic carbocycles. The fraction of sp³-hybridized carbons (Fsp3) is 0.562. The summed E-state index contributed by atoms with van der Waals surface area (Å²) < 4.78 is 0. The summed E-state index contributed by atoms with van der Waals surface area (Å²) in [6, 6.07) is 8.36. The average molecular weight is 260 g/mol. The van der Waals surface area contributed by atoms with E-state index >= 15 is 0 Å². The number of rotatable bonds is 5. The molecule has 0 aliphatic heterocycles. The molecule has 19 heavy (non-hydrogen) atoms. The molecular weight excluding hydrogens is 236 g/mol. The molecule has 1 aliphatic carbocycles. The van der Waals surface area contributed by atoms with Crippen LogP contribution in [0.3, 0.4) is 0 Å². The minimum absolute atomic E-state index is 0.0104. The topological polar surface area (TPSA) is 41.1 Å². The van der Waals surface area contributed by atoms with Crippen LogP contribution in [0.25, 0.3) is 0 Å². The van der Waals surface area contributed by atoms with E-state index in [0.29, 0.717) is 17.0 Å². The van der Waals surface area contributed by atoms with Gasteiger partial charge in [0, 0.05) is 23.3 Å². The van der Waals surface area contributed by atoms with Crippen molar-refractivity contribution < 1.29 is 4.79 Å². The predicted molar refractivity (Wildman–Crippen MR) is 79.5 cm³/mol. The summed E-state index contributed by atoms with van der Waals surface area (Å²) in [5.41, 5.74) is 2.25. The summed E-state index contributed by atoms with van der Waals surface area (Å²) in [5, 5.41) is 6.41. The molecule has 0 saturated heterocycles. The molecule has 104 valence electrons. The summed E-state index contributed by atoms with van der Waals surface area (Å²) in [7, 11) is 0. The van der Waals surface area contributed by atoms with Crippen LogP contribution in [-0.2, 0) is 0 Å². The zero-order chi connectivity index (χ0) is 14.0. The molecule has 3 nitrogen and oxygen atoms in total. The maximum absolute atomic E-state index is 11.8. The summed E-state index contributed by atoms with van der Waals surface area (Å²) in [6.45, 7) is 8.47. The molecular formula is C16H24N2O. The predicted octanol–water partition coefficient (Wildman–Crippen LogP) is 3.43. The van der Waals surface area contributed by atoms with Crippen LogP contribution < -0.4 is 10.6 Å². The van der Waals surface area contributed by atoms with Crippen molar-refractivity contribution in [2.24, 2.45) is 5.41 Å². The van der Waals surface area contributed by atoms with Crippen molar-refractivity contribution in [1.29, 1.82) is 0 Å². The average Bonchev–Trinajstić information content (AvgIpc) is 3.09. The Hall–Kier alpha value is -1.51. The van der Waals surface area contributed by atoms with Gasteiger partial charge < -0.3 is 10.6 Å². The monoisotopic (exact) mass is 260 g/mol. The van der Waals surface area contributed by atoms with E-state index in [0.717, 1.165) is 5.69 Å². The Morgan fingerprint density at radius 2 is 1.74 bits per heavy atom. The van der Waals surface area contributed by atoms with Crippen LogP contribution in [0.2, 0.25) is 0 Å². The van der Waals surface area contributed by atoms with Crippen LogP contribution in [-0.4, -0.2) is 18.0 Å². The second kappa shape index (κ2) is 5.24. The molecule has 1 aromatic rings. The summed E-state index contributed by atoms with van der Waals surface area (Å²) in [5.74, 6) is -0.0104. The summed E-state index contributed by atoms with van der Waals surface area (Å²) >= 11 is 0. The highest BCUT2D eigenvalue weighted by atomic mass is 16.1. The van der Waals surface area contributed by atoms with E-state index in [9.17, 15) is 4.79 Å². The Balaban J connectivity index is 1.96. The van der Waals surface area contributed by atoms with Crippen molar-refractivity contribution in [2.45, 2.75) is 52.6 Å². The van der Waals surface area contributed by atoms with Crippen molar-refractivity contribution in [1.82, 2.24) is 5.32 Å². The first-order chi connectivity index (χ1) is 8.90. The third kappa shape index (κ3) is 3.49. The smallest absolute Gasteiger partial charge is 0.251 e. The second-order valence-corrected chi connectivity index (χ2v) is 6.23. The molecule has 1 aliphatic rings. The molecule has 0 heterocycles. The Labute approximate surface area is 115 Å². The maximum atomic E-state index is 11.8. The Morgan fingerprint density at radius 1 is 1.16 bits per heavy atom. The fourth-order valence-corrected chi connectivity index (χ4v) is 2.12. The van der Waals surface area contributed by atoms with E-state index in [1.807, 2.05) is 38.1 Å². The van der Waals surface area contributed by atoms with Crippen molar-refractivity contribution in [2.75, 3.05) is 5.32 Å². The van der Waals surface area contributed by atoms with Crippen LogP contribution in [0, 0.1) is 5.41 Å². The van der Waals surface area contributed by atoms with Gasteiger partial charge in [0.05, 0.1) is 0 Å². The Bertz CT molecular complexity index is 446. The van der Waals surface area contributed by atoms with E-state index < -0.39 is 0 Å². The number of carbonyl (C=O) groups excluding carboxylic acids is 1. The first-order valence-corrected chi connectivity index (χ1v) is 7.08. The molecule has 1 saturated carbocycles. The number of amides is 1. The van der Waals surface area contributed by atoms with Gasteiger partial charge in [0.1, 0.15) is 0 Å². The van der Waals surface area contributed by atoms with Gasteiger partial charge in [-0.15, -0.1) is 0 Å². The zero-order valence-electron chi connectivity index (χ0n) is 12.3. The SMILES string of the molecule is CC(C)NC(=O)c1ccc(NC(C)C2(C)CC2)cc1. The van der Waals surface area contributed by atoms with Gasteiger partial charge >= 0.3 is 0 Å². The summed E-state index contributed by atoms with van der Waals surface area (Å²) in [4.78, 5) is 11.8. The highest BCUT2D eigenvalue weighted by Crippen LogP contribution is 2.48. The van der Waals surface area contributed by atoms with Crippen LogP contribution >= 0.6 is 0 Å². The minimum atomic E-state index is -0.0104. The van der Waals surface area contributed by atoms with Crippen molar-refractivity contribution in [3.05, 3.63) is 29.8 Å². The largest absolute Gasteiger partial charge is 0.382 e. The van der Waals surface area contributed by atoms with E-state index in [-0.39, 0.29) is 11.9 Å². The molecule has 1 amide bonds. The number of nitrogens with one attached hydrogen (secondary N) is 2. The van der Waals surface area contributed by atoms with Gasteiger partial charge in [0.2, 0.25) is 0 Å². The first-order valence-electron chi connectivity index (χ1n) is 7.08. The molecule has 1 atom stereocenters. The van der Waals surface area contributed by atoms with E-state index in [1.165, 1.54) is 12.8 Å². The third-order valence-electron chi connectivity index (χ3n) is 4.03. The van der Waals surface area contributed by atoms with Crippen LogP contribution in [0.4, 0.5) is 5.69 Å². The highest BCUT2D eigenvalue weighted by molar-refractivity contribution is 5.94. The Kier molecular flexibility index (Phi) is 3.83. The molecule has 1 unspecified atom stereocenters. The summed E-state index contributed by atoms with van der Waals surface area (Å²) in [6.07, 6.45) is 2.60. The molecule has 2 N–H and O–H groups in total. The minimum Gasteiger partial charge on any atom is -0.382 e. The van der Waals surface area contributed by atoms with Gasteiger partial charge in [-0.1, -0.05) is 6.92 Å². The standard InChI is InChI=1S/C16H24N2O/c1-11(2)17-15(19)13-5-7-14(8-6-13)18-12(3)16(4)9-10-16/h5-8,11-12,18H,9-10H2,1-4H3,(H,17,19). The second-order valence-electron chi connectivity index (χ2n) is 6.23. The first kappa shape index (κ1) is 13.9. The maximum Gasteiger partial charge on any atom is 0.251 e. The van der Waals surface area contributed by atoms with Gasteiger partial charge in [0.25, 0.3) is 5.91 Å². The van der Waals surface area contributed by atoms with E-state index in [1.54, 1.807) is 0 Å². The fourth-order valence-electron chi connectivity index (χ4n) is 2.12. The Morgan fingerprint density at radius 3 is 2.21 bits per heavy atom. The van der Waals surface area contributed by atoms with E-state index in [4.69, 9.17) is 0 Å². The molecule has 0 bridgehead atoms. The number of carbonyl (C=O) groups is 1. The van der Waals surface area contributed by atoms with Crippen molar-refractivity contribution in [3.63, 3.8) is 0 Å². The molecule has 1 fully saturated rings. The van der Waals surface area contributed by atoms with Crippen LogP contribution in [0.5, 0.6) is 0 Å². The highest BCUT2D eigenvalue weighted by Gasteiger charge is 2.42. The molecule has 0 spiro atoms. The zero-order valence-corrected chi connectivity index (χ0v) is 12.3. The van der Waals surface area contributed by atoms with Gasteiger partial charge in [-0.2, -0.15) is 0 Å². The number of hydrogen-bond acceptors (Lipinski definition) is 2. The van der Waals surface area contributed by atoms with Crippen molar-refractivity contribution >= 4 is 11.6 Å². The van der Waals surface area contributed by atoms with Gasteiger partial charge in [-0.25, -0.2) is 0 Å². The number of hydrogen-bond donors (Lipinski definition) is 2. The third-order valence-corrected chi connectivity index (χ3v) is 4.03.